The van der Waals surface area contributed by atoms with E-state index in [1.54, 1.807) is 7.11 Å². The van der Waals surface area contributed by atoms with E-state index in [1.807, 2.05) is 13.8 Å². The summed E-state index contributed by atoms with van der Waals surface area (Å²) < 4.78 is 24.1. The van der Waals surface area contributed by atoms with Gasteiger partial charge >= 0.3 is 0 Å². The number of Topliss-reactive ketones (excluding diaryl/α,β-unsaturated/α-hetero) is 2. The third kappa shape index (κ3) is 3.27. The van der Waals surface area contributed by atoms with E-state index in [0.29, 0.717) is 18.6 Å². The van der Waals surface area contributed by atoms with Crippen molar-refractivity contribution >= 4 is 11.6 Å². The normalized spacial score (nSPS) is 55.3. The SMILES string of the molecule is CO[C@@H]1C[C@H](O[C@H]2CC[C@@]3(C)C(=CCC4C3C(=O)[C@@H]3OC(C)[C@@H]5CC(=O)[C@H]4C35C)C2)O[C@H](C)[C@@H]1O. The number of aliphatic hydroxyl groups excluding tert-OH is 1. The van der Waals surface area contributed by atoms with Gasteiger partial charge in [-0.15, -0.1) is 0 Å². The van der Waals surface area contributed by atoms with Crippen molar-refractivity contribution in [1.82, 2.24) is 0 Å². The van der Waals surface area contributed by atoms with Crippen molar-refractivity contribution in [3.05, 3.63) is 11.6 Å². The van der Waals surface area contributed by atoms with Gasteiger partial charge in [-0.1, -0.05) is 25.5 Å². The Balaban J connectivity index is 1.23. The third-order valence-corrected chi connectivity index (χ3v) is 10.9. The molecule has 35 heavy (non-hydrogen) atoms. The maximum absolute atomic E-state index is 14.1. The second-order valence-corrected chi connectivity index (χ2v) is 12.5. The predicted octanol–water partition coefficient (Wildman–Crippen LogP) is 3.22. The molecule has 0 bridgehead atoms. The van der Waals surface area contributed by atoms with Gasteiger partial charge in [0.05, 0.1) is 24.4 Å². The third-order valence-electron chi connectivity index (χ3n) is 10.9. The summed E-state index contributed by atoms with van der Waals surface area (Å²) in [6.07, 6.45) is 4.37. The summed E-state index contributed by atoms with van der Waals surface area (Å²) in [7, 11) is 1.61. The molecule has 0 aromatic carbocycles. The monoisotopic (exact) mass is 488 g/mol. The number of allylic oxidation sites excluding steroid dienone is 1. The molecule has 0 amide bonds. The van der Waals surface area contributed by atoms with Crippen molar-refractivity contribution in [3.8, 4) is 0 Å². The van der Waals surface area contributed by atoms with Crippen LogP contribution in [0, 0.1) is 34.5 Å². The van der Waals surface area contributed by atoms with E-state index >= 15 is 0 Å². The molecule has 0 aromatic rings. The molecule has 6 rings (SSSR count). The molecule has 4 unspecified atom stereocenters. The van der Waals surface area contributed by atoms with Gasteiger partial charge in [-0.2, -0.15) is 0 Å². The highest BCUT2D eigenvalue weighted by atomic mass is 16.7. The zero-order valence-corrected chi connectivity index (χ0v) is 21.6. The van der Waals surface area contributed by atoms with Gasteiger partial charge in [-0.05, 0) is 50.9 Å². The second-order valence-electron chi connectivity index (χ2n) is 12.5. The Bertz CT molecular complexity index is 946. The molecular formula is C28H40O7. The number of carbonyl (C=O) groups is 2. The summed E-state index contributed by atoms with van der Waals surface area (Å²) in [4.78, 5) is 27.4. The highest BCUT2D eigenvalue weighted by Crippen LogP contribution is 2.67. The Labute approximate surface area is 207 Å². The van der Waals surface area contributed by atoms with E-state index < -0.39 is 18.5 Å². The maximum atomic E-state index is 14.1. The Kier molecular flexibility index (Phi) is 5.67. The molecule has 7 heteroatoms. The lowest BCUT2D eigenvalue weighted by Crippen LogP contribution is -2.61. The number of fused-ring (bicyclic) bond motifs is 4. The van der Waals surface area contributed by atoms with Crippen molar-refractivity contribution in [2.75, 3.05) is 7.11 Å². The van der Waals surface area contributed by atoms with Crippen LogP contribution in [0.15, 0.2) is 11.6 Å². The number of ketones is 2. The Hall–Kier alpha value is -1.12. The highest BCUT2D eigenvalue weighted by molar-refractivity contribution is 5.96. The number of hydrogen-bond donors (Lipinski definition) is 1. The molecule has 2 heterocycles. The van der Waals surface area contributed by atoms with E-state index in [-0.39, 0.29) is 64.7 Å². The Morgan fingerprint density at radius 1 is 1.09 bits per heavy atom. The van der Waals surface area contributed by atoms with Gasteiger partial charge in [0.1, 0.15) is 18.0 Å². The fourth-order valence-electron chi connectivity index (χ4n) is 9.14. The molecule has 7 nitrogen and oxygen atoms in total. The minimum Gasteiger partial charge on any atom is -0.388 e. The summed E-state index contributed by atoms with van der Waals surface area (Å²) in [6, 6.07) is 0. The average Bonchev–Trinajstić information content (AvgIpc) is 3.23. The van der Waals surface area contributed by atoms with E-state index in [0.717, 1.165) is 25.7 Å². The van der Waals surface area contributed by atoms with Gasteiger partial charge < -0.3 is 24.1 Å². The standard InChI is InChI=1S/C28H40O7/c1-13-18-11-19(29)22-17-7-6-15-10-16(35-21-12-20(32-5)24(30)14(2)33-21)8-9-27(15,3)23(17)25(31)26(34-13)28(18,22)4/h6,13-14,16-18,20-24,26,30H,7-12H2,1-5H3/t13?,14-,16+,17?,18+,20-,21+,22+,23?,24+,26+,27+,28?/m1/s1. The van der Waals surface area contributed by atoms with Crippen LogP contribution in [0.5, 0.6) is 0 Å². The molecule has 194 valence electrons. The lowest BCUT2D eigenvalue weighted by atomic mass is 9.46. The van der Waals surface area contributed by atoms with Gasteiger partial charge in [-0.25, -0.2) is 0 Å². The van der Waals surface area contributed by atoms with Gasteiger partial charge in [0.2, 0.25) is 0 Å². The van der Waals surface area contributed by atoms with Crippen molar-refractivity contribution < 1.29 is 33.6 Å². The molecule has 0 radical (unpaired) electrons. The average molecular weight is 489 g/mol. The lowest BCUT2D eigenvalue weighted by molar-refractivity contribution is -0.265. The lowest BCUT2D eigenvalue weighted by Gasteiger charge is -2.57. The van der Waals surface area contributed by atoms with Crippen molar-refractivity contribution in [3.63, 3.8) is 0 Å². The van der Waals surface area contributed by atoms with Gasteiger partial charge in [0, 0.05) is 43.1 Å². The summed E-state index contributed by atoms with van der Waals surface area (Å²) in [5.74, 6) is 0.557. The molecule has 5 fully saturated rings. The smallest absolute Gasteiger partial charge is 0.166 e. The summed E-state index contributed by atoms with van der Waals surface area (Å²) in [5, 5.41) is 10.3. The Morgan fingerprint density at radius 2 is 1.86 bits per heavy atom. The van der Waals surface area contributed by atoms with Crippen LogP contribution in [0.4, 0.5) is 0 Å². The zero-order valence-electron chi connectivity index (χ0n) is 21.6. The van der Waals surface area contributed by atoms with Crippen molar-refractivity contribution in [2.45, 2.75) is 109 Å². The molecule has 13 atom stereocenters. The van der Waals surface area contributed by atoms with Crippen LogP contribution in [-0.2, 0) is 28.5 Å². The molecule has 2 saturated heterocycles. The first-order chi connectivity index (χ1) is 16.6. The molecule has 1 N–H and O–H groups in total. The Morgan fingerprint density at radius 3 is 2.60 bits per heavy atom. The number of rotatable bonds is 3. The number of ether oxygens (including phenoxy) is 4. The first-order valence-electron chi connectivity index (χ1n) is 13.5. The van der Waals surface area contributed by atoms with Crippen LogP contribution in [0.25, 0.3) is 0 Å². The first kappa shape index (κ1) is 24.2. The van der Waals surface area contributed by atoms with E-state index in [4.69, 9.17) is 18.9 Å². The predicted molar refractivity (Wildman–Crippen MR) is 126 cm³/mol. The van der Waals surface area contributed by atoms with Crippen molar-refractivity contribution in [2.24, 2.45) is 34.5 Å². The van der Waals surface area contributed by atoms with Crippen LogP contribution in [-0.4, -0.2) is 66.7 Å². The maximum Gasteiger partial charge on any atom is 0.166 e. The van der Waals surface area contributed by atoms with Crippen LogP contribution in [0.1, 0.15) is 66.2 Å². The van der Waals surface area contributed by atoms with E-state index in [1.165, 1.54) is 5.57 Å². The summed E-state index contributed by atoms with van der Waals surface area (Å²) in [6.45, 7) is 8.27. The number of methoxy groups -OCH3 is 1. The van der Waals surface area contributed by atoms with Crippen LogP contribution in [0.3, 0.4) is 0 Å². The molecule has 2 aliphatic heterocycles. The summed E-state index contributed by atoms with van der Waals surface area (Å²) >= 11 is 0. The van der Waals surface area contributed by atoms with Crippen molar-refractivity contribution in [1.29, 1.82) is 0 Å². The number of hydrogen-bond acceptors (Lipinski definition) is 7. The first-order valence-corrected chi connectivity index (χ1v) is 13.5. The molecule has 4 aliphatic carbocycles. The van der Waals surface area contributed by atoms with Crippen LogP contribution >= 0.6 is 0 Å². The molecule has 0 aromatic heterocycles. The topological polar surface area (TPSA) is 91.3 Å². The molecule has 0 spiro atoms. The highest BCUT2D eigenvalue weighted by Gasteiger charge is 2.72. The minimum atomic E-state index is -0.658. The number of carbonyl (C=O) groups excluding carboxylic acids is 2. The molecule has 6 aliphatic rings. The van der Waals surface area contributed by atoms with Gasteiger partial charge in [0.15, 0.2) is 12.1 Å². The second kappa shape index (κ2) is 8.19. The van der Waals surface area contributed by atoms with Crippen LogP contribution in [0.2, 0.25) is 0 Å². The largest absolute Gasteiger partial charge is 0.388 e. The minimum absolute atomic E-state index is 0.0000260. The fourth-order valence-corrected chi connectivity index (χ4v) is 9.14. The molecule has 3 saturated carbocycles. The summed E-state index contributed by atoms with van der Waals surface area (Å²) in [5.41, 5.74) is 0.668. The van der Waals surface area contributed by atoms with E-state index in [9.17, 15) is 14.7 Å². The van der Waals surface area contributed by atoms with Crippen LogP contribution < -0.4 is 0 Å². The quantitative estimate of drug-likeness (QED) is 0.610. The fraction of sp³-hybridized carbons (Fsp3) is 0.857. The van der Waals surface area contributed by atoms with Gasteiger partial charge in [0.25, 0.3) is 0 Å². The molecular weight excluding hydrogens is 448 g/mol. The van der Waals surface area contributed by atoms with Gasteiger partial charge in [-0.3, -0.25) is 9.59 Å². The zero-order chi connectivity index (χ0) is 24.9. The number of aliphatic hydroxyl groups is 1. The van der Waals surface area contributed by atoms with E-state index in [2.05, 4.69) is 19.9 Å².